The minimum atomic E-state index is -0.826. The lowest BCUT2D eigenvalue weighted by Crippen LogP contribution is -2.42. The number of hydrogen-bond donors (Lipinski definition) is 2. The second-order valence-corrected chi connectivity index (χ2v) is 6.28. The number of rotatable bonds is 8. The summed E-state index contributed by atoms with van der Waals surface area (Å²) in [5.41, 5.74) is -0.358. The Labute approximate surface area is 145 Å². The number of amides is 1. The number of non-ortho nitro benzene ring substituents is 1. The summed E-state index contributed by atoms with van der Waals surface area (Å²) in [6, 6.07) is 3.80. The van der Waals surface area contributed by atoms with Gasteiger partial charge < -0.3 is 20.1 Å². The van der Waals surface area contributed by atoms with Crippen molar-refractivity contribution in [3.8, 4) is 0 Å². The highest BCUT2D eigenvalue weighted by atomic mass is 16.6. The molecule has 0 aromatic heterocycles. The standard InChI is InChI=1S/C16H23N3O6/c1-16(2,3)18-14(20)10-25-15(21)12-9-11(19(22)23)5-6-13(12)17-7-8-24-4/h5-6,9,17H,7-8,10H2,1-4H3,(H,18,20). The van der Waals surface area contributed by atoms with Gasteiger partial charge in [-0.1, -0.05) is 0 Å². The molecule has 1 aromatic rings. The number of carbonyl (C=O) groups excluding carboxylic acids is 2. The lowest BCUT2D eigenvalue weighted by atomic mass is 10.1. The van der Waals surface area contributed by atoms with Gasteiger partial charge in [-0.15, -0.1) is 0 Å². The van der Waals surface area contributed by atoms with Crippen molar-refractivity contribution in [1.82, 2.24) is 5.32 Å². The highest BCUT2D eigenvalue weighted by Crippen LogP contribution is 2.23. The van der Waals surface area contributed by atoms with Gasteiger partial charge in [0.25, 0.3) is 11.6 Å². The molecule has 0 atom stereocenters. The summed E-state index contributed by atoms with van der Waals surface area (Å²) in [6.07, 6.45) is 0. The number of nitro groups is 1. The molecule has 0 bridgehead atoms. The van der Waals surface area contributed by atoms with E-state index in [-0.39, 0.29) is 11.3 Å². The van der Waals surface area contributed by atoms with Crippen molar-refractivity contribution in [2.24, 2.45) is 0 Å². The van der Waals surface area contributed by atoms with E-state index in [4.69, 9.17) is 9.47 Å². The van der Waals surface area contributed by atoms with E-state index in [1.807, 2.05) is 0 Å². The zero-order valence-electron chi connectivity index (χ0n) is 14.8. The summed E-state index contributed by atoms with van der Waals surface area (Å²) in [5.74, 6) is -1.28. The molecule has 0 fully saturated rings. The van der Waals surface area contributed by atoms with Crippen molar-refractivity contribution in [3.05, 3.63) is 33.9 Å². The third-order valence-corrected chi connectivity index (χ3v) is 2.90. The van der Waals surface area contributed by atoms with Crippen molar-refractivity contribution in [3.63, 3.8) is 0 Å². The molecule has 0 saturated heterocycles. The Hall–Kier alpha value is -2.68. The first-order chi connectivity index (χ1) is 11.6. The molecule has 0 heterocycles. The van der Waals surface area contributed by atoms with Crippen LogP contribution in [0.25, 0.3) is 0 Å². The number of methoxy groups -OCH3 is 1. The monoisotopic (exact) mass is 353 g/mol. The molecule has 0 aliphatic rings. The molecular formula is C16H23N3O6. The second-order valence-electron chi connectivity index (χ2n) is 6.28. The molecule has 0 radical (unpaired) electrons. The number of hydrogen-bond acceptors (Lipinski definition) is 7. The number of nitrogens with zero attached hydrogens (tertiary/aromatic N) is 1. The molecule has 0 aliphatic heterocycles. The average Bonchev–Trinajstić information content (AvgIpc) is 2.51. The fourth-order valence-corrected chi connectivity index (χ4v) is 1.92. The zero-order chi connectivity index (χ0) is 19.0. The van der Waals surface area contributed by atoms with Gasteiger partial charge in [0.1, 0.15) is 0 Å². The lowest BCUT2D eigenvalue weighted by Gasteiger charge is -2.20. The first kappa shape index (κ1) is 20.4. The Morgan fingerprint density at radius 3 is 2.52 bits per heavy atom. The fourth-order valence-electron chi connectivity index (χ4n) is 1.92. The van der Waals surface area contributed by atoms with Crippen LogP contribution in [0.3, 0.4) is 0 Å². The van der Waals surface area contributed by atoms with E-state index in [2.05, 4.69) is 10.6 Å². The molecule has 1 rings (SSSR count). The molecule has 0 saturated carbocycles. The van der Waals surface area contributed by atoms with Crippen LogP contribution in [0.4, 0.5) is 11.4 Å². The Bertz CT molecular complexity index is 639. The van der Waals surface area contributed by atoms with Gasteiger partial charge in [0.2, 0.25) is 0 Å². The minimum Gasteiger partial charge on any atom is -0.452 e. The summed E-state index contributed by atoms with van der Waals surface area (Å²) in [7, 11) is 1.53. The maximum atomic E-state index is 12.2. The predicted molar refractivity (Wildman–Crippen MR) is 91.6 cm³/mol. The fraction of sp³-hybridized carbons (Fsp3) is 0.500. The van der Waals surface area contributed by atoms with E-state index < -0.39 is 28.9 Å². The summed E-state index contributed by atoms with van der Waals surface area (Å²) >= 11 is 0. The van der Waals surface area contributed by atoms with Crippen LogP contribution in [-0.2, 0) is 14.3 Å². The molecule has 0 aliphatic carbocycles. The largest absolute Gasteiger partial charge is 0.452 e. The van der Waals surface area contributed by atoms with Crippen LogP contribution in [0.1, 0.15) is 31.1 Å². The van der Waals surface area contributed by atoms with Gasteiger partial charge in [-0.05, 0) is 26.8 Å². The molecule has 25 heavy (non-hydrogen) atoms. The number of nitro benzene ring substituents is 1. The number of nitrogens with one attached hydrogen (secondary N) is 2. The maximum Gasteiger partial charge on any atom is 0.341 e. The van der Waals surface area contributed by atoms with Crippen LogP contribution >= 0.6 is 0 Å². The van der Waals surface area contributed by atoms with Gasteiger partial charge in [-0.25, -0.2) is 4.79 Å². The molecule has 0 unspecified atom stereocenters. The first-order valence-corrected chi connectivity index (χ1v) is 7.63. The van der Waals surface area contributed by atoms with Crippen molar-refractivity contribution in [2.45, 2.75) is 26.3 Å². The quantitative estimate of drug-likeness (QED) is 0.316. The summed E-state index contributed by atoms with van der Waals surface area (Å²) in [4.78, 5) is 34.3. The Kier molecular flexibility index (Phi) is 7.31. The van der Waals surface area contributed by atoms with Crippen LogP contribution < -0.4 is 10.6 Å². The summed E-state index contributed by atoms with van der Waals surface area (Å²) in [6.45, 7) is 5.70. The van der Waals surface area contributed by atoms with Gasteiger partial charge in [0, 0.05) is 37.0 Å². The topological polar surface area (TPSA) is 120 Å². The molecule has 0 spiro atoms. The third-order valence-electron chi connectivity index (χ3n) is 2.90. The van der Waals surface area contributed by atoms with E-state index in [1.165, 1.54) is 19.2 Å². The molecule has 9 heteroatoms. The highest BCUT2D eigenvalue weighted by molar-refractivity contribution is 5.97. The summed E-state index contributed by atoms with van der Waals surface area (Å²) in [5, 5.41) is 16.5. The smallest absolute Gasteiger partial charge is 0.341 e. The number of anilines is 1. The van der Waals surface area contributed by atoms with Gasteiger partial charge in [0.05, 0.1) is 17.1 Å². The predicted octanol–water partition coefficient (Wildman–Crippen LogP) is 1.72. The van der Waals surface area contributed by atoms with Crippen LogP contribution in [0, 0.1) is 10.1 Å². The average molecular weight is 353 g/mol. The first-order valence-electron chi connectivity index (χ1n) is 7.63. The maximum absolute atomic E-state index is 12.2. The molecule has 9 nitrogen and oxygen atoms in total. The second kappa shape index (κ2) is 8.97. The third kappa shape index (κ3) is 7.17. The Morgan fingerprint density at radius 1 is 1.28 bits per heavy atom. The van der Waals surface area contributed by atoms with Crippen molar-refractivity contribution < 1.29 is 24.0 Å². The van der Waals surface area contributed by atoms with Crippen LogP contribution in [0.15, 0.2) is 18.2 Å². The number of esters is 1. The number of benzene rings is 1. The van der Waals surface area contributed by atoms with Gasteiger partial charge in [-0.3, -0.25) is 14.9 Å². The normalized spacial score (nSPS) is 10.9. The lowest BCUT2D eigenvalue weighted by molar-refractivity contribution is -0.384. The van der Waals surface area contributed by atoms with Crippen molar-refractivity contribution >= 4 is 23.3 Å². The molecule has 1 aromatic carbocycles. The Balaban J connectivity index is 2.87. The van der Waals surface area contributed by atoms with E-state index in [9.17, 15) is 19.7 Å². The number of carbonyl (C=O) groups is 2. The van der Waals surface area contributed by atoms with E-state index >= 15 is 0 Å². The molecule has 2 N–H and O–H groups in total. The Morgan fingerprint density at radius 2 is 1.96 bits per heavy atom. The SMILES string of the molecule is COCCNc1ccc([N+](=O)[O-])cc1C(=O)OCC(=O)NC(C)(C)C. The van der Waals surface area contributed by atoms with Crippen LogP contribution in [-0.4, -0.2) is 49.2 Å². The molecule has 138 valence electrons. The van der Waals surface area contributed by atoms with Gasteiger partial charge in [0.15, 0.2) is 6.61 Å². The van der Waals surface area contributed by atoms with E-state index in [0.29, 0.717) is 18.8 Å². The zero-order valence-corrected chi connectivity index (χ0v) is 14.8. The summed E-state index contributed by atoms with van der Waals surface area (Å²) < 4.78 is 9.88. The van der Waals surface area contributed by atoms with Crippen LogP contribution in [0.5, 0.6) is 0 Å². The van der Waals surface area contributed by atoms with Gasteiger partial charge in [-0.2, -0.15) is 0 Å². The van der Waals surface area contributed by atoms with Crippen molar-refractivity contribution in [1.29, 1.82) is 0 Å². The van der Waals surface area contributed by atoms with Gasteiger partial charge >= 0.3 is 5.97 Å². The molecular weight excluding hydrogens is 330 g/mol. The highest BCUT2D eigenvalue weighted by Gasteiger charge is 2.20. The minimum absolute atomic E-state index is 0.0196. The molecule has 1 amide bonds. The van der Waals surface area contributed by atoms with Crippen LogP contribution in [0.2, 0.25) is 0 Å². The van der Waals surface area contributed by atoms with Crippen molar-refractivity contribution in [2.75, 3.05) is 32.2 Å². The number of ether oxygens (including phenoxy) is 2. The van der Waals surface area contributed by atoms with E-state index in [1.54, 1.807) is 20.8 Å². The van der Waals surface area contributed by atoms with E-state index in [0.717, 1.165) is 6.07 Å².